The van der Waals surface area contributed by atoms with Crippen molar-refractivity contribution in [1.82, 2.24) is 4.98 Å². The van der Waals surface area contributed by atoms with Crippen molar-refractivity contribution >= 4 is 44.3 Å². The number of thiazole rings is 1. The van der Waals surface area contributed by atoms with Gasteiger partial charge in [0.25, 0.3) is 0 Å². The summed E-state index contributed by atoms with van der Waals surface area (Å²) in [6, 6.07) is 36.2. The molecule has 1 aliphatic rings. The van der Waals surface area contributed by atoms with Gasteiger partial charge >= 0.3 is 0 Å². The molecule has 4 nitrogen and oxygen atoms in total. The maximum absolute atomic E-state index is 4.92. The first kappa shape index (κ1) is 22.4. The number of fused-ring (bicyclic) bond motifs is 2. The van der Waals surface area contributed by atoms with Crippen molar-refractivity contribution in [2.45, 2.75) is 13.1 Å². The minimum atomic E-state index is 0.0594. The van der Waals surface area contributed by atoms with E-state index in [1.165, 1.54) is 21.8 Å². The maximum atomic E-state index is 4.92. The Labute approximate surface area is 216 Å². The van der Waals surface area contributed by atoms with E-state index in [0.717, 1.165) is 28.3 Å². The molecule has 0 saturated heterocycles. The van der Waals surface area contributed by atoms with Crippen LogP contribution in [-0.4, -0.2) is 24.7 Å². The Morgan fingerprint density at radius 1 is 0.861 bits per heavy atom. The van der Waals surface area contributed by atoms with Crippen molar-refractivity contribution in [3.05, 3.63) is 115 Å². The van der Waals surface area contributed by atoms with Gasteiger partial charge in [0.15, 0.2) is 0 Å². The maximum Gasteiger partial charge on any atom is 0.127 e. The van der Waals surface area contributed by atoms with Gasteiger partial charge in [-0.2, -0.15) is 0 Å². The van der Waals surface area contributed by atoms with Gasteiger partial charge in [-0.05, 0) is 67.6 Å². The Balaban J connectivity index is 1.43. The highest BCUT2D eigenvalue weighted by atomic mass is 32.1. The van der Waals surface area contributed by atoms with Gasteiger partial charge < -0.3 is 14.7 Å². The molecule has 6 rings (SSSR count). The summed E-state index contributed by atoms with van der Waals surface area (Å²) in [4.78, 5) is 12.0. The average molecular weight is 489 g/mol. The molecule has 1 unspecified atom stereocenters. The molecular weight excluding hydrogens is 460 g/mol. The molecule has 0 fully saturated rings. The molecule has 1 aromatic heterocycles. The van der Waals surface area contributed by atoms with Gasteiger partial charge in [0, 0.05) is 36.7 Å². The third kappa shape index (κ3) is 4.01. The third-order valence-corrected chi connectivity index (χ3v) is 7.77. The number of hydrogen-bond acceptors (Lipinski definition) is 5. The van der Waals surface area contributed by atoms with Gasteiger partial charge in [0.1, 0.15) is 11.2 Å². The number of benzene rings is 4. The van der Waals surface area contributed by atoms with Crippen molar-refractivity contribution < 1.29 is 0 Å². The quantitative estimate of drug-likeness (QED) is 0.242. The number of anilines is 4. The Morgan fingerprint density at radius 3 is 2.33 bits per heavy atom. The largest absolute Gasteiger partial charge is 0.351 e. The van der Waals surface area contributed by atoms with Crippen LogP contribution in [0.4, 0.5) is 22.7 Å². The van der Waals surface area contributed by atoms with Crippen LogP contribution in [0.25, 0.3) is 20.8 Å². The van der Waals surface area contributed by atoms with Gasteiger partial charge in [-0.15, -0.1) is 11.3 Å². The predicted molar refractivity (Wildman–Crippen MR) is 154 cm³/mol. The van der Waals surface area contributed by atoms with Crippen LogP contribution >= 0.6 is 11.3 Å². The molecule has 0 saturated carbocycles. The molecule has 5 aromatic rings. The molecule has 4 aromatic carbocycles. The second kappa shape index (κ2) is 9.51. The first-order chi connectivity index (χ1) is 17.7. The Kier molecular flexibility index (Phi) is 5.91. The van der Waals surface area contributed by atoms with E-state index < -0.39 is 0 Å². The number of likely N-dealkylation sites (N-methyl/N-ethyl adjacent to an activating group) is 1. The first-order valence-electron chi connectivity index (χ1n) is 12.3. The summed E-state index contributed by atoms with van der Waals surface area (Å²) in [5.41, 5.74) is 6.99. The molecular formula is C31H28N4S. The Morgan fingerprint density at radius 2 is 1.58 bits per heavy atom. The van der Waals surface area contributed by atoms with Gasteiger partial charge in [0.2, 0.25) is 0 Å². The summed E-state index contributed by atoms with van der Waals surface area (Å²) in [6.45, 7) is 3.13. The van der Waals surface area contributed by atoms with Crippen molar-refractivity contribution in [3.8, 4) is 10.6 Å². The van der Waals surface area contributed by atoms with Crippen LogP contribution in [0.15, 0.2) is 115 Å². The number of hydrogen-bond donors (Lipinski definition) is 0. The van der Waals surface area contributed by atoms with Gasteiger partial charge in [-0.1, -0.05) is 48.5 Å². The molecule has 1 aliphatic heterocycles. The normalized spacial score (nSPS) is 15.1. The average Bonchev–Trinajstić information content (AvgIpc) is 3.51. The molecule has 1 atom stereocenters. The van der Waals surface area contributed by atoms with E-state index in [-0.39, 0.29) is 6.17 Å². The fourth-order valence-corrected chi connectivity index (χ4v) is 5.86. The summed E-state index contributed by atoms with van der Waals surface area (Å²) in [5, 5.41) is 1.05. The summed E-state index contributed by atoms with van der Waals surface area (Å²) in [6.07, 6.45) is 4.53. The van der Waals surface area contributed by atoms with Gasteiger partial charge in [-0.25, -0.2) is 4.98 Å². The Hall–Kier alpha value is -4.09. The van der Waals surface area contributed by atoms with E-state index in [4.69, 9.17) is 4.98 Å². The van der Waals surface area contributed by atoms with E-state index in [2.05, 4.69) is 132 Å². The number of nitrogens with zero attached hydrogens (tertiary/aromatic N) is 4. The predicted octanol–water partition coefficient (Wildman–Crippen LogP) is 7.92. The van der Waals surface area contributed by atoms with Crippen LogP contribution in [-0.2, 0) is 0 Å². The fraction of sp³-hybridized carbons (Fsp3) is 0.129. The second-order valence-electron chi connectivity index (χ2n) is 8.88. The fourth-order valence-electron chi connectivity index (χ4n) is 4.90. The zero-order valence-corrected chi connectivity index (χ0v) is 21.3. The van der Waals surface area contributed by atoms with Crippen LogP contribution in [0.1, 0.15) is 6.92 Å². The van der Waals surface area contributed by atoms with E-state index in [1.54, 1.807) is 11.3 Å². The minimum Gasteiger partial charge on any atom is -0.351 e. The summed E-state index contributed by atoms with van der Waals surface area (Å²) < 4.78 is 1.22. The van der Waals surface area contributed by atoms with Crippen molar-refractivity contribution in [3.63, 3.8) is 0 Å². The molecule has 2 heterocycles. The van der Waals surface area contributed by atoms with Crippen LogP contribution in [0.3, 0.4) is 0 Å². The molecule has 0 bridgehead atoms. The monoisotopic (exact) mass is 488 g/mol. The van der Waals surface area contributed by atoms with E-state index >= 15 is 0 Å². The molecule has 0 radical (unpaired) electrons. The lowest BCUT2D eigenvalue weighted by Gasteiger charge is -2.31. The Bertz CT molecular complexity index is 1480. The lowest BCUT2D eigenvalue weighted by Crippen LogP contribution is -2.39. The second-order valence-corrected chi connectivity index (χ2v) is 9.91. The first-order valence-corrected chi connectivity index (χ1v) is 13.1. The molecule has 0 amide bonds. The van der Waals surface area contributed by atoms with Crippen LogP contribution < -0.4 is 14.7 Å². The molecule has 36 heavy (non-hydrogen) atoms. The summed E-state index contributed by atoms with van der Waals surface area (Å²) >= 11 is 1.75. The highest BCUT2D eigenvalue weighted by Gasteiger charge is 2.35. The molecule has 178 valence electrons. The van der Waals surface area contributed by atoms with E-state index in [0.29, 0.717) is 0 Å². The lowest BCUT2D eigenvalue weighted by atomic mass is 10.1. The van der Waals surface area contributed by atoms with Crippen LogP contribution in [0, 0.1) is 0 Å². The number of rotatable bonds is 6. The molecule has 0 aliphatic carbocycles. The lowest BCUT2D eigenvalue weighted by molar-refractivity contribution is 0.746. The van der Waals surface area contributed by atoms with Crippen molar-refractivity contribution in [2.24, 2.45) is 0 Å². The number of aromatic nitrogens is 1. The van der Waals surface area contributed by atoms with E-state index in [9.17, 15) is 0 Å². The zero-order chi connectivity index (χ0) is 24.5. The highest BCUT2D eigenvalue weighted by molar-refractivity contribution is 7.21. The van der Waals surface area contributed by atoms with Crippen molar-refractivity contribution in [2.75, 3.05) is 28.3 Å². The summed E-state index contributed by atoms with van der Waals surface area (Å²) in [7, 11) is 2.10. The SMILES string of the molecule is CCN1c2ccc(-c3nc4ccccc4s3)cc2N(c2ccccc2)C1/C=C/N(C)c1ccccc1. The van der Waals surface area contributed by atoms with Crippen molar-refractivity contribution in [1.29, 1.82) is 0 Å². The minimum absolute atomic E-state index is 0.0594. The van der Waals surface area contributed by atoms with Gasteiger partial charge in [0.05, 0.1) is 21.6 Å². The standard InChI is InChI=1S/C31H28N4S/c1-3-34-27-19-18-23(31-32-26-16-10-11-17-29(26)36-31)22-28(27)35(25-14-8-5-9-15-25)30(34)20-21-33(2)24-12-6-4-7-13-24/h4-22,30H,3H2,1-2H3/b21-20+. The van der Waals surface area contributed by atoms with Crippen LogP contribution in [0.2, 0.25) is 0 Å². The topological polar surface area (TPSA) is 22.6 Å². The van der Waals surface area contributed by atoms with Crippen LogP contribution in [0.5, 0.6) is 0 Å². The zero-order valence-electron chi connectivity index (χ0n) is 20.5. The summed E-state index contributed by atoms with van der Waals surface area (Å²) in [5.74, 6) is 0. The molecule has 0 spiro atoms. The highest BCUT2D eigenvalue weighted by Crippen LogP contribution is 2.46. The third-order valence-electron chi connectivity index (χ3n) is 6.69. The smallest absolute Gasteiger partial charge is 0.127 e. The molecule has 5 heteroatoms. The number of para-hydroxylation sites is 3. The van der Waals surface area contributed by atoms with Gasteiger partial charge in [-0.3, -0.25) is 0 Å². The van der Waals surface area contributed by atoms with E-state index in [1.807, 2.05) is 12.1 Å². The molecule has 0 N–H and O–H groups in total.